The molecule has 0 saturated carbocycles. The number of nitrogens with zero attached hydrogens (tertiary/aromatic N) is 2. The molecule has 3 rings (SSSR count). The van der Waals surface area contributed by atoms with E-state index in [0.717, 1.165) is 19.5 Å². The molecule has 0 aliphatic carbocycles. The first-order valence-corrected chi connectivity index (χ1v) is 6.25. The molecule has 0 aromatic carbocycles. The number of halogens is 1. The lowest BCUT2D eigenvalue weighted by atomic mass is 9.81. The smallest absolute Gasteiger partial charge is 0.147 e. The Morgan fingerprint density at radius 1 is 1.47 bits per heavy atom. The summed E-state index contributed by atoms with van der Waals surface area (Å²) in [7, 11) is 0. The van der Waals surface area contributed by atoms with Crippen LogP contribution >= 0.6 is 0 Å². The van der Waals surface area contributed by atoms with Crippen molar-refractivity contribution in [3.63, 3.8) is 0 Å². The Bertz CT molecular complexity index is 426. The van der Waals surface area contributed by atoms with Crippen molar-refractivity contribution in [2.45, 2.75) is 37.3 Å². The van der Waals surface area contributed by atoms with Crippen molar-refractivity contribution >= 4 is 0 Å². The molecule has 0 bridgehead atoms. The summed E-state index contributed by atoms with van der Waals surface area (Å²) in [5.74, 6) is -0.388. The molecule has 2 fully saturated rings. The molecule has 4 heteroatoms. The minimum absolute atomic E-state index is 0.388. The van der Waals surface area contributed by atoms with Crippen molar-refractivity contribution in [2.75, 3.05) is 13.1 Å². The Morgan fingerprint density at radius 2 is 2.35 bits per heavy atom. The molecule has 3 heterocycles. The summed E-state index contributed by atoms with van der Waals surface area (Å²) in [6, 6.07) is 2.03. The summed E-state index contributed by atoms with van der Waals surface area (Å²) in [5.41, 5.74) is -0.586. The predicted octanol–water partition coefficient (Wildman–Crippen LogP) is 1.67. The SMILES string of the molecule is OC1(c2ccncc2F)CCN2CCCC2C1. The van der Waals surface area contributed by atoms with Crippen molar-refractivity contribution in [3.05, 3.63) is 29.8 Å². The molecule has 1 aromatic heterocycles. The monoisotopic (exact) mass is 236 g/mol. The summed E-state index contributed by atoms with van der Waals surface area (Å²) in [6.07, 6.45) is 6.32. The molecule has 2 saturated heterocycles. The van der Waals surface area contributed by atoms with Crippen LogP contribution in [0, 0.1) is 5.82 Å². The average molecular weight is 236 g/mol. The van der Waals surface area contributed by atoms with Gasteiger partial charge in [-0.15, -0.1) is 0 Å². The van der Waals surface area contributed by atoms with Crippen LogP contribution in [0.1, 0.15) is 31.2 Å². The highest BCUT2D eigenvalue weighted by Gasteiger charge is 2.42. The minimum Gasteiger partial charge on any atom is -0.385 e. The Labute approximate surface area is 100 Å². The van der Waals surface area contributed by atoms with Gasteiger partial charge in [0.25, 0.3) is 0 Å². The van der Waals surface area contributed by atoms with E-state index in [1.165, 1.54) is 12.6 Å². The molecule has 17 heavy (non-hydrogen) atoms. The van der Waals surface area contributed by atoms with E-state index >= 15 is 0 Å². The third kappa shape index (κ3) is 1.85. The molecule has 1 N–H and O–H groups in total. The van der Waals surface area contributed by atoms with Gasteiger partial charge in [0.05, 0.1) is 11.8 Å². The number of pyridine rings is 1. The zero-order valence-electron chi connectivity index (χ0n) is 9.77. The van der Waals surface area contributed by atoms with Crippen LogP contribution in [-0.4, -0.2) is 34.1 Å². The van der Waals surface area contributed by atoms with E-state index in [-0.39, 0.29) is 5.82 Å². The molecule has 0 spiro atoms. The summed E-state index contributed by atoms with van der Waals surface area (Å²) < 4.78 is 13.7. The standard InChI is InChI=1S/C13H17FN2O/c14-12-9-15-5-3-11(12)13(17)4-7-16-6-1-2-10(16)8-13/h3,5,9-10,17H,1-2,4,6-8H2. The molecule has 2 aliphatic heterocycles. The highest BCUT2D eigenvalue weighted by atomic mass is 19.1. The van der Waals surface area contributed by atoms with Crippen LogP contribution in [0.2, 0.25) is 0 Å². The number of piperidine rings is 1. The topological polar surface area (TPSA) is 36.4 Å². The van der Waals surface area contributed by atoms with E-state index in [1.807, 2.05) is 0 Å². The van der Waals surface area contributed by atoms with E-state index in [4.69, 9.17) is 0 Å². The van der Waals surface area contributed by atoms with Crippen molar-refractivity contribution in [2.24, 2.45) is 0 Å². The van der Waals surface area contributed by atoms with Crippen molar-refractivity contribution in [1.29, 1.82) is 0 Å². The normalized spacial score (nSPS) is 33.6. The van der Waals surface area contributed by atoms with Crippen molar-refractivity contribution in [1.82, 2.24) is 9.88 Å². The van der Waals surface area contributed by atoms with Gasteiger partial charge in [-0.05, 0) is 38.3 Å². The highest BCUT2D eigenvalue weighted by Crippen LogP contribution is 2.39. The summed E-state index contributed by atoms with van der Waals surface area (Å²) in [4.78, 5) is 6.15. The number of fused-ring (bicyclic) bond motifs is 1. The first-order chi connectivity index (χ1) is 8.19. The molecule has 1 aromatic rings. The second-order valence-electron chi connectivity index (χ2n) is 5.17. The van der Waals surface area contributed by atoms with Gasteiger partial charge in [0, 0.05) is 24.3 Å². The fourth-order valence-electron chi connectivity index (χ4n) is 3.24. The van der Waals surface area contributed by atoms with Gasteiger partial charge < -0.3 is 10.0 Å². The van der Waals surface area contributed by atoms with E-state index < -0.39 is 5.60 Å². The Balaban J connectivity index is 1.89. The lowest BCUT2D eigenvalue weighted by Gasteiger charge is -2.41. The first kappa shape index (κ1) is 11.1. The van der Waals surface area contributed by atoms with Crippen molar-refractivity contribution < 1.29 is 9.50 Å². The summed E-state index contributed by atoms with van der Waals surface area (Å²) >= 11 is 0. The van der Waals surface area contributed by atoms with Crippen LogP contribution in [-0.2, 0) is 5.60 Å². The van der Waals surface area contributed by atoms with Gasteiger partial charge in [0.1, 0.15) is 5.82 Å². The van der Waals surface area contributed by atoms with Crippen LogP contribution in [0.3, 0.4) is 0 Å². The number of aliphatic hydroxyl groups is 1. The zero-order chi connectivity index (χ0) is 11.9. The predicted molar refractivity (Wildman–Crippen MR) is 61.9 cm³/mol. The first-order valence-electron chi connectivity index (χ1n) is 6.25. The lowest BCUT2D eigenvalue weighted by molar-refractivity contribution is -0.0433. The van der Waals surface area contributed by atoms with Gasteiger partial charge in [-0.2, -0.15) is 0 Å². The third-order valence-electron chi connectivity index (χ3n) is 4.16. The molecular formula is C13H17FN2O. The number of hydrogen-bond acceptors (Lipinski definition) is 3. The summed E-state index contributed by atoms with van der Waals surface area (Å²) in [6.45, 7) is 1.99. The lowest BCUT2D eigenvalue weighted by Crippen LogP contribution is -2.46. The molecule has 3 nitrogen and oxygen atoms in total. The fourth-order valence-corrected chi connectivity index (χ4v) is 3.24. The van der Waals surface area contributed by atoms with Crippen LogP contribution in [0.5, 0.6) is 0 Å². The van der Waals surface area contributed by atoms with Gasteiger partial charge in [-0.1, -0.05) is 0 Å². The molecule has 0 radical (unpaired) electrons. The maximum absolute atomic E-state index is 13.7. The van der Waals surface area contributed by atoms with Crippen molar-refractivity contribution in [3.8, 4) is 0 Å². The molecule has 0 amide bonds. The summed E-state index contributed by atoms with van der Waals surface area (Å²) in [5, 5.41) is 10.7. The molecule has 2 atom stereocenters. The highest BCUT2D eigenvalue weighted by molar-refractivity contribution is 5.23. The van der Waals surface area contributed by atoms with Gasteiger partial charge in [0.2, 0.25) is 0 Å². The van der Waals surface area contributed by atoms with Gasteiger partial charge >= 0.3 is 0 Å². The van der Waals surface area contributed by atoms with E-state index in [2.05, 4.69) is 9.88 Å². The Hall–Kier alpha value is -1.00. The van der Waals surface area contributed by atoms with E-state index in [9.17, 15) is 9.50 Å². The number of rotatable bonds is 1. The van der Waals surface area contributed by atoms with Crippen LogP contribution in [0.15, 0.2) is 18.5 Å². The number of hydrogen-bond donors (Lipinski definition) is 1. The molecule has 2 aliphatic rings. The van der Waals surface area contributed by atoms with Crippen LogP contribution in [0.25, 0.3) is 0 Å². The largest absolute Gasteiger partial charge is 0.385 e. The van der Waals surface area contributed by atoms with Gasteiger partial charge in [-0.25, -0.2) is 4.39 Å². The quantitative estimate of drug-likeness (QED) is 0.805. The second kappa shape index (κ2) is 4.03. The molecular weight excluding hydrogens is 219 g/mol. The maximum atomic E-state index is 13.7. The maximum Gasteiger partial charge on any atom is 0.147 e. The fraction of sp³-hybridized carbons (Fsp3) is 0.615. The number of aromatic nitrogens is 1. The van der Waals surface area contributed by atoms with E-state index in [0.29, 0.717) is 24.4 Å². The third-order valence-corrected chi connectivity index (χ3v) is 4.16. The van der Waals surface area contributed by atoms with Crippen LogP contribution in [0.4, 0.5) is 4.39 Å². The Kier molecular flexibility index (Phi) is 2.64. The van der Waals surface area contributed by atoms with Gasteiger partial charge in [-0.3, -0.25) is 4.98 Å². The minimum atomic E-state index is -1.00. The molecule has 2 unspecified atom stereocenters. The van der Waals surface area contributed by atoms with Crippen LogP contribution < -0.4 is 0 Å². The molecule has 92 valence electrons. The second-order valence-corrected chi connectivity index (χ2v) is 5.17. The van der Waals surface area contributed by atoms with E-state index in [1.54, 1.807) is 12.3 Å². The Morgan fingerprint density at radius 3 is 3.18 bits per heavy atom. The zero-order valence-corrected chi connectivity index (χ0v) is 9.77. The average Bonchev–Trinajstić information content (AvgIpc) is 2.76. The van der Waals surface area contributed by atoms with Gasteiger partial charge in [0.15, 0.2) is 0 Å².